The summed E-state index contributed by atoms with van der Waals surface area (Å²) in [6.07, 6.45) is 1.63. The van der Waals surface area contributed by atoms with E-state index in [1.54, 1.807) is 25.4 Å². The second-order valence-electron chi connectivity index (χ2n) is 4.48. The molecule has 2 N–H and O–H groups in total. The molecule has 0 aliphatic heterocycles. The van der Waals surface area contributed by atoms with Crippen molar-refractivity contribution in [3.05, 3.63) is 64.0 Å². The third-order valence-electron chi connectivity index (χ3n) is 2.98. The number of nitro groups is 1. The van der Waals surface area contributed by atoms with E-state index in [2.05, 4.69) is 4.98 Å². The number of rotatable bonds is 4. The third-order valence-corrected chi connectivity index (χ3v) is 2.98. The van der Waals surface area contributed by atoms with E-state index in [4.69, 9.17) is 5.73 Å². The average molecular weight is 286 g/mol. The molecule has 108 valence electrons. The van der Waals surface area contributed by atoms with Crippen LogP contribution in [0.2, 0.25) is 0 Å². The second kappa shape index (κ2) is 6.00. The zero-order chi connectivity index (χ0) is 15.4. The lowest BCUT2D eigenvalue weighted by Crippen LogP contribution is -2.27. The van der Waals surface area contributed by atoms with Crippen LogP contribution in [0.3, 0.4) is 0 Å². The number of nitrogens with zero attached hydrogens (tertiary/aromatic N) is 3. The first kappa shape index (κ1) is 14.4. The lowest BCUT2D eigenvalue weighted by atomic mass is 10.1. The van der Waals surface area contributed by atoms with E-state index in [9.17, 15) is 14.9 Å². The highest BCUT2D eigenvalue weighted by atomic mass is 16.6. The molecule has 1 amide bonds. The van der Waals surface area contributed by atoms with Gasteiger partial charge in [0.05, 0.1) is 22.7 Å². The number of anilines is 1. The van der Waals surface area contributed by atoms with Crippen LogP contribution in [0, 0.1) is 10.1 Å². The highest BCUT2D eigenvalue weighted by molar-refractivity contribution is 6.00. The van der Waals surface area contributed by atoms with Crippen molar-refractivity contribution in [1.29, 1.82) is 0 Å². The number of benzene rings is 1. The highest BCUT2D eigenvalue weighted by Gasteiger charge is 2.21. The molecule has 7 heteroatoms. The molecule has 0 saturated heterocycles. The van der Waals surface area contributed by atoms with Crippen LogP contribution in [0.5, 0.6) is 0 Å². The zero-order valence-corrected chi connectivity index (χ0v) is 11.4. The molecule has 0 fully saturated rings. The lowest BCUT2D eigenvalue weighted by Gasteiger charge is -2.17. The molecule has 7 nitrogen and oxygen atoms in total. The molecule has 1 aromatic carbocycles. The standard InChI is InChI=1S/C14H14N4O3/c1-17(9-10-5-2-3-8-16-10)14(19)11-6-4-7-12(13(11)15)18(20)21/h2-8H,9,15H2,1H3. The predicted molar refractivity (Wildman–Crippen MR) is 77.5 cm³/mol. The van der Waals surface area contributed by atoms with Crippen LogP contribution in [-0.4, -0.2) is 27.8 Å². The van der Waals surface area contributed by atoms with Crippen LogP contribution >= 0.6 is 0 Å². The van der Waals surface area contributed by atoms with Crippen molar-refractivity contribution in [3.63, 3.8) is 0 Å². The summed E-state index contributed by atoms with van der Waals surface area (Å²) in [5.41, 5.74) is 6.15. The Hall–Kier alpha value is -2.96. The summed E-state index contributed by atoms with van der Waals surface area (Å²) in [5.74, 6) is -0.387. The molecule has 2 aromatic rings. The van der Waals surface area contributed by atoms with Crippen molar-refractivity contribution < 1.29 is 9.72 Å². The molecule has 1 heterocycles. The Balaban J connectivity index is 2.24. The van der Waals surface area contributed by atoms with Gasteiger partial charge in [-0.15, -0.1) is 0 Å². The van der Waals surface area contributed by atoms with Crippen molar-refractivity contribution in [1.82, 2.24) is 9.88 Å². The summed E-state index contributed by atoms with van der Waals surface area (Å²) in [5, 5.41) is 10.8. The van der Waals surface area contributed by atoms with Gasteiger partial charge in [-0.3, -0.25) is 19.9 Å². The summed E-state index contributed by atoms with van der Waals surface area (Å²) < 4.78 is 0. The van der Waals surface area contributed by atoms with Gasteiger partial charge in [0.25, 0.3) is 11.6 Å². The Morgan fingerprint density at radius 3 is 2.71 bits per heavy atom. The van der Waals surface area contributed by atoms with Crippen LogP contribution in [0.4, 0.5) is 11.4 Å². The average Bonchev–Trinajstić information content (AvgIpc) is 2.47. The second-order valence-corrected chi connectivity index (χ2v) is 4.48. The number of hydrogen-bond donors (Lipinski definition) is 1. The summed E-state index contributed by atoms with van der Waals surface area (Å²) in [7, 11) is 1.59. The number of amides is 1. The first-order chi connectivity index (χ1) is 10.0. The van der Waals surface area contributed by atoms with E-state index in [-0.39, 0.29) is 22.8 Å². The van der Waals surface area contributed by atoms with Crippen LogP contribution in [0.1, 0.15) is 16.1 Å². The number of carbonyl (C=O) groups excluding carboxylic acids is 1. The first-order valence-corrected chi connectivity index (χ1v) is 6.19. The molecular formula is C14H14N4O3. The Bertz CT molecular complexity index is 673. The maximum absolute atomic E-state index is 12.3. The number of nitrogens with two attached hydrogens (primary N) is 1. The van der Waals surface area contributed by atoms with Crippen molar-refractivity contribution in [3.8, 4) is 0 Å². The van der Waals surface area contributed by atoms with Crippen molar-refractivity contribution in [2.45, 2.75) is 6.54 Å². The minimum atomic E-state index is -0.606. The molecule has 0 aliphatic rings. The van der Waals surface area contributed by atoms with Gasteiger partial charge in [-0.25, -0.2) is 0 Å². The van der Waals surface area contributed by atoms with Gasteiger partial charge in [-0.2, -0.15) is 0 Å². The van der Waals surface area contributed by atoms with E-state index < -0.39 is 4.92 Å². The molecule has 0 unspecified atom stereocenters. The lowest BCUT2D eigenvalue weighted by molar-refractivity contribution is -0.383. The fraction of sp³-hybridized carbons (Fsp3) is 0.143. The van der Waals surface area contributed by atoms with Gasteiger partial charge in [-0.1, -0.05) is 12.1 Å². The quantitative estimate of drug-likeness (QED) is 0.525. The fourth-order valence-electron chi connectivity index (χ4n) is 1.91. The number of para-hydroxylation sites is 1. The number of carbonyl (C=O) groups is 1. The SMILES string of the molecule is CN(Cc1ccccn1)C(=O)c1cccc([N+](=O)[O-])c1N. The monoisotopic (exact) mass is 286 g/mol. The normalized spacial score (nSPS) is 10.1. The Kier molecular flexibility index (Phi) is 4.13. The molecule has 0 radical (unpaired) electrons. The molecule has 21 heavy (non-hydrogen) atoms. The van der Waals surface area contributed by atoms with Crippen molar-refractivity contribution >= 4 is 17.3 Å². The summed E-state index contributed by atoms with van der Waals surface area (Å²) in [6.45, 7) is 0.293. The topological polar surface area (TPSA) is 102 Å². The van der Waals surface area contributed by atoms with E-state index in [1.807, 2.05) is 6.07 Å². The molecule has 2 rings (SSSR count). The molecule has 0 bridgehead atoms. The van der Waals surface area contributed by atoms with Gasteiger partial charge in [0, 0.05) is 19.3 Å². The molecule has 0 spiro atoms. The highest BCUT2D eigenvalue weighted by Crippen LogP contribution is 2.25. The van der Waals surface area contributed by atoms with Crippen LogP contribution in [-0.2, 0) is 6.54 Å². The molecular weight excluding hydrogens is 272 g/mol. The fourth-order valence-corrected chi connectivity index (χ4v) is 1.91. The number of hydrogen-bond acceptors (Lipinski definition) is 5. The smallest absolute Gasteiger partial charge is 0.292 e. The Labute approximate surface area is 121 Å². The zero-order valence-electron chi connectivity index (χ0n) is 11.4. The van der Waals surface area contributed by atoms with E-state index in [0.29, 0.717) is 6.54 Å². The summed E-state index contributed by atoms with van der Waals surface area (Å²) in [4.78, 5) is 28.1. The Morgan fingerprint density at radius 1 is 1.33 bits per heavy atom. The molecule has 0 aliphatic carbocycles. The minimum absolute atomic E-state index is 0.114. The first-order valence-electron chi connectivity index (χ1n) is 6.19. The number of aromatic nitrogens is 1. The number of nitro benzene ring substituents is 1. The summed E-state index contributed by atoms with van der Waals surface area (Å²) in [6, 6.07) is 9.58. The van der Waals surface area contributed by atoms with Crippen molar-refractivity contribution in [2.24, 2.45) is 0 Å². The Morgan fingerprint density at radius 2 is 2.10 bits per heavy atom. The van der Waals surface area contributed by atoms with E-state index in [1.165, 1.54) is 23.1 Å². The number of nitrogen functional groups attached to an aromatic ring is 1. The third kappa shape index (κ3) is 3.14. The van der Waals surface area contributed by atoms with Gasteiger partial charge >= 0.3 is 0 Å². The van der Waals surface area contributed by atoms with Gasteiger partial charge < -0.3 is 10.6 Å². The van der Waals surface area contributed by atoms with Gasteiger partial charge in [0.2, 0.25) is 0 Å². The summed E-state index contributed by atoms with van der Waals surface area (Å²) >= 11 is 0. The van der Waals surface area contributed by atoms with Gasteiger partial charge in [0.1, 0.15) is 5.69 Å². The van der Waals surface area contributed by atoms with E-state index in [0.717, 1.165) is 5.69 Å². The van der Waals surface area contributed by atoms with Gasteiger partial charge in [0.15, 0.2) is 0 Å². The number of pyridine rings is 1. The molecule has 0 atom stereocenters. The van der Waals surface area contributed by atoms with Crippen molar-refractivity contribution in [2.75, 3.05) is 12.8 Å². The largest absolute Gasteiger partial charge is 0.393 e. The molecule has 0 saturated carbocycles. The van der Waals surface area contributed by atoms with Crippen LogP contribution in [0.15, 0.2) is 42.6 Å². The minimum Gasteiger partial charge on any atom is -0.393 e. The molecule has 1 aromatic heterocycles. The van der Waals surface area contributed by atoms with Crippen LogP contribution < -0.4 is 5.73 Å². The predicted octanol–water partition coefficient (Wildman–Crippen LogP) is 1.84. The van der Waals surface area contributed by atoms with Crippen LogP contribution in [0.25, 0.3) is 0 Å². The maximum Gasteiger partial charge on any atom is 0.292 e. The maximum atomic E-state index is 12.3. The van der Waals surface area contributed by atoms with E-state index >= 15 is 0 Å². The van der Waals surface area contributed by atoms with Gasteiger partial charge in [-0.05, 0) is 18.2 Å².